The standard InChI is InChI=1S/C9H22Ge/c1-8(2,3)7(10)9(4,5)6/h7H,1-6,10H3. The zero-order valence-electron chi connectivity index (χ0n) is 8.58. The van der Waals surface area contributed by atoms with E-state index in [9.17, 15) is 0 Å². The Labute approximate surface area is 74.0 Å². The van der Waals surface area contributed by atoms with Crippen molar-refractivity contribution in [2.45, 2.75) is 46.3 Å². The van der Waals surface area contributed by atoms with Crippen LogP contribution in [0.4, 0.5) is 0 Å². The summed E-state index contributed by atoms with van der Waals surface area (Å²) in [5, 5.41) is 0. The molecule has 0 amide bonds. The third kappa shape index (κ3) is 3.09. The molecule has 0 radical (unpaired) electrons. The molecule has 0 saturated carbocycles. The van der Waals surface area contributed by atoms with Crippen LogP contribution in [0.5, 0.6) is 0 Å². The molecule has 0 unspecified atom stereocenters. The minimum atomic E-state index is 0.526. The van der Waals surface area contributed by atoms with Gasteiger partial charge in [0.15, 0.2) is 0 Å². The molecule has 0 aromatic heterocycles. The molecule has 10 heavy (non-hydrogen) atoms. The van der Waals surface area contributed by atoms with E-state index in [4.69, 9.17) is 0 Å². The maximum absolute atomic E-state index is 2.36. The van der Waals surface area contributed by atoms with Gasteiger partial charge < -0.3 is 0 Å². The fourth-order valence-electron chi connectivity index (χ4n) is 1.30. The molecular weight excluding hydrogens is 181 g/mol. The Balaban J connectivity index is 4.23. The Morgan fingerprint density at radius 3 is 1.00 bits per heavy atom. The SMILES string of the molecule is CC(C)(C)[CH]([GeH3])C(C)(C)C. The first-order valence-electron chi connectivity index (χ1n) is 4.15. The van der Waals surface area contributed by atoms with Crippen LogP contribution in [0.3, 0.4) is 0 Å². The minimum absolute atomic E-state index is 0.526. The van der Waals surface area contributed by atoms with Crippen LogP contribution in [0.15, 0.2) is 0 Å². The quantitative estimate of drug-likeness (QED) is 0.529. The van der Waals surface area contributed by atoms with Crippen molar-refractivity contribution in [3.63, 3.8) is 0 Å². The van der Waals surface area contributed by atoms with Crippen LogP contribution in [0.25, 0.3) is 0 Å². The summed E-state index contributed by atoms with van der Waals surface area (Å²) < 4.78 is 0.951. The van der Waals surface area contributed by atoms with Crippen molar-refractivity contribution < 1.29 is 0 Å². The normalized spacial score (nSPS) is 14.7. The van der Waals surface area contributed by atoms with Crippen LogP contribution < -0.4 is 0 Å². The van der Waals surface area contributed by atoms with Crippen LogP contribution in [-0.2, 0) is 0 Å². The van der Waals surface area contributed by atoms with Gasteiger partial charge >= 0.3 is 73.6 Å². The van der Waals surface area contributed by atoms with Crippen LogP contribution in [0.2, 0.25) is 4.75 Å². The van der Waals surface area contributed by atoms with Crippen LogP contribution in [0.1, 0.15) is 41.5 Å². The van der Waals surface area contributed by atoms with E-state index < -0.39 is 0 Å². The summed E-state index contributed by atoms with van der Waals surface area (Å²) in [5.41, 5.74) is 1.05. The van der Waals surface area contributed by atoms with E-state index in [0.29, 0.717) is 10.8 Å². The Bertz CT molecular complexity index is 88.9. The molecule has 0 fully saturated rings. The van der Waals surface area contributed by atoms with E-state index in [1.54, 1.807) is 0 Å². The summed E-state index contributed by atoms with van der Waals surface area (Å²) in [4.78, 5) is 0. The van der Waals surface area contributed by atoms with Gasteiger partial charge in [-0.25, -0.2) is 0 Å². The van der Waals surface area contributed by atoms with Crippen molar-refractivity contribution >= 4 is 16.5 Å². The molecule has 0 nitrogen and oxygen atoms in total. The van der Waals surface area contributed by atoms with Gasteiger partial charge in [0.25, 0.3) is 0 Å². The second kappa shape index (κ2) is 2.88. The molecule has 0 aliphatic rings. The Kier molecular flexibility index (Phi) is 3.04. The van der Waals surface area contributed by atoms with E-state index in [0.717, 1.165) is 21.3 Å². The van der Waals surface area contributed by atoms with Crippen LogP contribution in [-0.4, -0.2) is 16.5 Å². The van der Waals surface area contributed by atoms with E-state index >= 15 is 0 Å². The molecule has 0 aromatic rings. The number of rotatable bonds is 0. The van der Waals surface area contributed by atoms with Crippen LogP contribution in [0, 0.1) is 10.8 Å². The van der Waals surface area contributed by atoms with Gasteiger partial charge in [-0.05, 0) is 0 Å². The van der Waals surface area contributed by atoms with Crippen LogP contribution >= 0.6 is 0 Å². The monoisotopic (exact) mass is 204 g/mol. The van der Waals surface area contributed by atoms with E-state index in [-0.39, 0.29) is 0 Å². The predicted molar refractivity (Wildman–Crippen MR) is 52.6 cm³/mol. The topological polar surface area (TPSA) is 0 Å². The molecule has 0 N–H and O–H groups in total. The first kappa shape index (κ1) is 10.5. The summed E-state index contributed by atoms with van der Waals surface area (Å²) in [7, 11) is 0. The van der Waals surface area contributed by atoms with E-state index in [2.05, 4.69) is 41.5 Å². The summed E-state index contributed by atoms with van der Waals surface area (Å²) in [5.74, 6) is 0. The molecule has 0 spiro atoms. The summed E-state index contributed by atoms with van der Waals surface area (Å²) in [6, 6.07) is 0. The average Bonchev–Trinajstić information content (AvgIpc) is 1.59. The van der Waals surface area contributed by atoms with Gasteiger partial charge in [0.1, 0.15) is 0 Å². The molecule has 0 atom stereocenters. The fourth-order valence-corrected chi connectivity index (χ4v) is 1.30. The fraction of sp³-hybridized carbons (Fsp3) is 1.00. The zero-order chi connectivity index (χ0) is 8.58. The van der Waals surface area contributed by atoms with Crippen molar-refractivity contribution in [3.05, 3.63) is 0 Å². The van der Waals surface area contributed by atoms with Gasteiger partial charge in [0, 0.05) is 0 Å². The molecule has 0 saturated heterocycles. The van der Waals surface area contributed by atoms with Crippen molar-refractivity contribution in [2.24, 2.45) is 10.8 Å². The van der Waals surface area contributed by atoms with Crippen molar-refractivity contribution in [1.29, 1.82) is 0 Å². The molecule has 0 aliphatic carbocycles. The van der Waals surface area contributed by atoms with E-state index in [1.807, 2.05) is 0 Å². The molecule has 0 aromatic carbocycles. The molecule has 0 bridgehead atoms. The molecule has 62 valence electrons. The predicted octanol–water partition coefficient (Wildman–Crippen LogP) is 2.23. The molecule has 1 heteroatoms. The van der Waals surface area contributed by atoms with Gasteiger partial charge in [-0.2, -0.15) is 0 Å². The Morgan fingerprint density at radius 2 is 1.00 bits per heavy atom. The van der Waals surface area contributed by atoms with Gasteiger partial charge in [0.05, 0.1) is 0 Å². The molecule has 0 rings (SSSR count). The third-order valence-electron chi connectivity index (χ3n) is 2.60. The third-order valence-corrected chi connectivity index (χ3v) is 9.87. The van der Waals surface area contributed by atoms with Crippen molar-refractivity contribution in [3.8, 4) is 0 Å². The zero-order valence-corrected chi connectivity index (χ0v) is 12.8. The first-order chi connectivity index (χ1) is 4.15. The second-order valence-corrected chi connectivity index (χ2v) is 7.88. The van der Waals surface area contributed by atoms with Gasteiger partial charge in [-0.3, -0.25) is 0 Å². The number of hydrogen-bond acceptors (Lipinski definition) is 0. The first-order valence-corrected chi connectivity index (χ1v) is 6.58. The summed E-state index contributed by atoms with van der Waals surface area (Å²) >= 11 is 0.948. The number of hydrogen-bond donors (Lipinski definition) is 0. The molecule has 0 aliphatic heterocycles. The Morgan fingerprint density at radius 1 is 0.800 bits per heavy atom. The maximum atomic E-state index is 2.36. The summed E-state index contributed by atoms with van der Waals surface area (Å²) in [6.07, 6.45) is 0. The molecular formula is C9H22Ge. The average molecular weight is 203 g/mol. The van der Waals surface area contributed by atoms with Crippen molar-refractivity contribution in [1.82, 2.24) is 0 Å². The second-order valence-electron chi connectivity index (χ2n) is 5.45. The summed E-state index contributed by atoms with van der Waals surface area (Å²) in [6.45, 7) is 14.1. The van der Waals surface area contributed by atoms with Gasteiger partial charge in [-0.1, -0.05) is 0 Å². The van der Waals surface area contributed by atoms with Gasteiger partial charge in [-0.15, -0.1) is 0 Å². The molecule has 0 heterocycles. The van der Waals surface area contributed by atoms with Gasteiger partial charge in [0.2, 0.25) is 0 Å². The van der Waals surface area contributed by atoms with Crippen molar-refractivity contribution in [2.75, 3.05) is 0 Å². The van der Waals surface area contributed by atoms with E-state index in [1.165, 1.54) is 0 Å². The Hall–Kier alpha value is 0.543.